The van der Waals surface area contributed by atoms with Gasteiger partial charge in [0.2, 0.25) is 0 Å². The van der Waals surface area contributed by atoms with Crippen molar-refractivity contribution >= 4 is 23.2 Å². The van der Waals surface area contributed by atoms with Crippen LogP contribution in [0.2, 0.25) is 0 Å². The van der Waals surface area contributed by atoms with Gasteiger partial charge < -0.3 is 10.2 Å². The summed E-state index contributed by atoms with van der Waals surface area (Å²) in [6, 6.07) is 3.86. The SMILES string of the molecule is CC(=O)SCCC(O)C(O)c1cccc(F)c1C=O. The van der Waals surface area contributed by atoms with E-state index in [2.05, 4.69) is 0 Å². The van der Waals surface area contributed by atoms with Crippen LogP contribution in [-0.2, 0) is 4.79 Å². The van der Waals surface area contributed by atoms with Gasteiger partial charge in [0.05, 0.1) is 11.7 Å². The summed E-state index contributed by atoms with van der Waals surface area (Å²) in [6.45, 7) is 1.41. The molecule has 2 N–H and O–H groups in total. The molecule has 2 unspecified atom stereocenters. The number of carbonyl (C=O) groups is 2. The lowest BCUT2D eigenvalue weighted by atomic mass is 9.98. The number of carbonyl (C=O) groups excluding carboxylic acids is 2. The van der Waals surface area contributed by atoms with Crippen molar-refractivity contribution in [2.24, 2.45) is 0 Å². The van der Waals surface area contributed by atoms with Gasteiger partial charge in [-0.1, -0.05) is 23.9 Å². The zero-order valence-corrected chi connectivity index (χ0v) is 11.2. The second-order valence-electron chi connectivity index (χ2n) is 4.00. The van der Waals surface area contributed by atoms with Crippen LogP contribution in [0.1, 0.15) is 35.4 Å². The van der Waals surface area contributed by atoms with Gasteiger partial charge in [-0.05, 0) is 18.1 Å². The van der Waals surface area contributed by atoms with E-state index in [9.17, 15) is 24.2 Å². The predicted molar refractivity (Wildman–Crippen MR) is 70.5 cm³/mol. The molecule has 104 valence electrons. The third-order valence-corrected chi connectivity index (χ3v) is 3.45. The first-order chi connectivity index (χ1) is 8.97. The average Bonchev–Trinajstić information content (AvgIpc) is 2.37. The molecular formula is C13H15FO4S. The van der Waals surface area contributed by atoms with E-state index in [1.165, 1.54) is 19.1 Å². The van der Waals surface area contributed by atoms with E-state index in [0.29, 0.717) is 12.0 Å². The van der Waals surface area contributed by atoms with E-state index in [4.69, 9.17) is 0 Å². The van der Waals surface area contributed by atoms with Crippen LogP contribution in [0.4, 0.5) is 4.39 Å². The van der Waals surface area contributed by atoms with Gasteiger partial charge in [-0.2, -0.15) is 0 Å². The molecule has 0 heterocycles. The van der Waals surface area contributed by atoms with Crippen LogP contribution in [0.25, 0.3) is 0 Å². The van der Waals surface area contributed by atoms with Gasteiger partial charge in [0, 0.05) is 12.7 Å². The van der Waals surface area contributed by atoms with Crippen LogP contribution in [0, 0.1) is 5.82 Å². The number of benzene rings is 1. The molecule has 19 heavy (non-hydrogen) atoms. The Balaban J connectivity index is 2.76. The van der Waals surface area contributed by atoms with Crippen LogP contribution in [0.15, 0.2) is 18.2 Å². The molecule has 0 fully saturated rings. The van der Waals surface area contributed by atoms with Crippen molar-refractivity contribution in [3.8, 4) is 0 Å². The molecule has 0 aliphatic carbocycles. The molecule has 6 heteroatoms. The van der Waals surface area contributed by atoms with E-state index in [1.807, 2.05) is 0 Å². The Morgan fingerprint density at radius 2 is 2.16 bits per heavy atom. The first-order valence-corrected chi connectivity index (χ1v) is 6.69. The van der Waals surface area contributed by atoms with Crippen molar-refractivity contribution in [2.45, 2.75) is 25.6 Å². The molecule has 0 aromatic heterocycles. The Morgan fingerprint density at radius 1 is 1.47 bits per heavy atom. The number of aliphatic hydroxyl groups is 2. The number of thioether (sulfide) groups is 1. The highest BCUT2D eigenvalue weighted by atomic mass is 32.2. The largest absolute Gasteiger partial charge is 0.390 e. The summed E-state index contributed by atoms with van der Waals surface area (Å²) < 4.78 is 13.4. The molecule has 0 radical (unpaired) electrons. The van der Waals surface area contributed by atoms with Gasteiger partial charge in [-0.25, -0.2) is 4.39 Å². The van der Waals surface area contributed by atoms with Gasteiger partial charge in [-0.15, -0.1) is 0 Å². The molecule has 0 aliphatic rings. The summed E-state index contributed by atoms with van der Waals surface area (Å²) in [5, 5.41) is 19.6. The Morgan fingerprint density at radius 3 is 2.74 bits per heavy atom. The molecule has 0 saturated carbocycles. The molecule has 0 aliphatic heterocycles. The maximum Gasteiger partial charge on any atom is 0.185 e. The molecule has 2 atom stereocenters. The topological polar surface area (TPSA) is 74.6 Å². The third-order valence-electron chi connectivity index (χ3n) is 2.61. The van der Waals surface area contributed by atoms with Crippen molar-refractivity contribution in [3.05, 3.63) is 35.1 Å². The maximum atomic E-state index is 13.4. The maximum absolute atomic E-state index is 13.4. The smallest absolute Gasteiger partial charge is 0.185 e. The Hall–Kier alpha value is -1.24. The van der Waals surface area contributed by atoms with Gasteiger partial charge >= 0.3 is 0 Å². The Labute approximate surface area is 114 Å². The molecule has 0 spiro atoms. The highest BCUT2D eigenvalue weighted by Gasteiger charge is 2.22. The highest BCUT2D eigenvalue weighted by Crippen LogP contribution is 2.24. The van der Waals surface area contributed by atoms with E-state index >= 15 is 0 Å². The summed E-state index contributed by atoms with van der Waals surface area (Å²) in [6.07, 6.45) is -2.04. The number of rotatable bonds is 6. The number of halogens is 1. The second kappa shape index (κ2) is 7.37. The zero-order valence-electron chi connectivity index (χ0n) is 10.4. The monoisotopic (exact) mass is 286 g/mol. The average molecular weight is 286 g/mol. The molecule has 1 rings (SSSR count). The quantitative estimate of drug-likeness (QED) is 0.779. The standard InChI is InChI=1S/C13H15FO4S/c1-8(16)19-6-5-12(17)13(18)9-3-2-4-11(14)10(9)7-15/h2-4,7,12-13,17-18H,5-6H2,1H3. The van der Waals surface area contributed by atoms with Crippen molar-refractivity contribution in [3.63, 3.8) is 0 Å². The fraction of sp³-hybridized carbons (Fsp3) is 0.385. The van der Waals surface area contributed by atoms with E-state index in [0.717, 1.165) is 17.8 Å². The Kier molecular flexibility index (Phi) is 6.14. The summed E-state index contributed by atoms with van der Waals surface area (Å²) in [5.74, 6) is -0.392. The third kappa shape index (κ3) is 4.41. The van der Waals surface area contributed by atoms with Crippen molar-refractivity contribution in [1.82, 2.24) is 0 Å². The first-order valence-electron chi connectivity index (χ1n) is 5.70. The molecule has 1 aromatic carbocycles. The van der Waals surface area contributed by atoms with Crippen LogP contribution in [0.5, 0.6) is 0 Å². The van der Waals surface area contributed by atoms with E-state index in [-0.39, 0.29) is 22.7 Å². The van der Waals surface area contributed by atoms with Crippen LogP contribution < -0.4 is 0 Å². The Bertz CT molecular complexity index is 464. The van der Waals surface area contributed by atoms with Gasteiger partial charge in [-0.3, -0.25) is 9.59 Å². The molecular weight excluding hydrogens is 271 g/mol. The predicted octanol–water partition coefficient (Wildman–Crippen LogP) is 1.70. The number of hydrogen-bond donors (Lipinski definition) is 2. The lowest BCUT2D eigenvalue weighted by Crippen LogP contribution is -2.20. The second-order valence-corrected chi connectivity index (χ2v) is 5.27. The summed E-state index contributed by atoms with van der Waals surface area (Å²) in [5.41, 5.74) is -0.205. The molecule has 0 saturated heterocycles. The fourth-order valence-electron chi connectivity index (χ4n) is 1.62. The van der Waals surface area contributed by atoms with E-state index < -0.39 is 18.0 Å². The van der Waals surface area contributed by atoms with Gasteiger partial charge in [0.15, 0.2) is 11.4 Å². The summed E-state index contributed by atoms with van der Waals surface area (Å²) >= 11 is 1.03. The van der Waals surface area contributed by atoms with E-state index in [1.54, 1.807) is 0 Å². The van der Waals surface area contributed by atoms with Crippen molar-refractivity contribution in [2.75, 3.05) is 5.75 Å². The number of aldehydes is 1. The number of hydrogen-bond acceptors (Lipinski definition) is 5. The minimum atomic E-state index is -1.36. The minimum absolute atomic E-state index is 0.0512. The van der Waals surface area contributed by atoms with Gasteiger partial charge in [0.1, 0.15) is 11.9 Å². The summed E-state index contributed by atoms with van der Waals surface area (Å²) in [7, 11) is 0. The first kappa shape index (κ1) is 15.8. The van der Waals surface area contributed by atoms with Crippen molar-refractivity contribution in [1.29, 1.82) is 0 Å². The molecule has 1 aromatic rings. The van der Waals surface area contributed by atoms with Crippen LogP contribution >= 0.6 is 11.8 Å². The number of aliphatic hydroxyl groups excluding tert-OH is 2. The normalized spacial score (nSPS) is 13.9. The van der Waals surface area contributed by atoms with Crippen LogP contribution in [0.3, 0.4) is 0 Å². The lowest BCUT2D eigenvalue weighted by Gasteiger charge is -2.19. The lowest BCUT2D eigenvalue weighted by molar-refractivity contribution is -0.109. The molecule has 4 nitrogen and oxygen atoms in total. The summed E-state index contributed by atoms with van der Waals surface area (Å²) in [4.78, 5) is 21.5. The molecule has 0 amide bonds. The zero-order chi connectivity index (χ0) is 14.4. The molecule has 0 bridgehead atoms. The fourth-order valence-corrected chi connectivity index (χ4v) is 2.27. The minimum Gasteiger partial charge on any atom is -0.390 e. The van der Waals surface area contributed by atoms with Crippen molar-refractivity contribution < 1.29 is 24.2 Å². The van der Waals surface area contributed by atoms with Gasteiger partial charge in [0.25, 0.3) is 0 Å². The highest BCUT2D eigenvalue weighted by molar-refractivity contribution is 8.13. The van der Waals surface area contributed by atoms with Crippen LogP contribution in [-0.4, -0.2) is 33.5 Å².